The van der Waals surface area contributed by atoms with Crippen molar-refractivity contribution < 1.29 is 9.53 Å². The van der Waals surface area contributed by atoms with E-state index in [9.17, 15) is 4.79 Å². The van der Waals surface area contributed by atoms with E-state index in [1.54, 1.807) is 7.11 Å². The van der Waals surface area contributed by atoms with E-state index < -0.39 is 0 Å². The molecule has 4 rings (SSSR count). The summed E-state index contributed by atoms with van der Waals surface area (Å²) in [5.74, 6) is 0.751. The summed E-state index contributed by atoms with van der Waals surface area (Å²) in [5.41, 5.74) is 6.25. The van der Waals surface area contributed by atoms with Crippen molar-refractivity contribution in [1.82, 2.24) is 25.1 Å². The zero-order valence-corrected chi connectivity index (χ0v) is 16.3. The minimum atomic E-state index is -0.0417. The Hall–Kier alpha value is -3.22. The summed E-state index contributed by atoms with van der Waals surface area (Å²) in [6.07, 6.45) is 2.92. The van der Waals surface area contributed by atoms with Crippen molar-refractivity contribution in [2.45, 2.75) is 26.7 Å². The fourth-order valence-corrected chi connectivity index (χ4v) is 3.65. The number of aryl methyl sites for hydroxylation is 1. The van der Waals surface area contributed by atoms with Crippen LogP contribution in [0.4, 0.5) is 0 Å². The summed E-state index contributed by atoms with van der Waals surface area (Å²) in [7, 11) is 1.66. The van der Waals surface area contributed by atoms with Crippen LogP contribution in [0, 0.1) is 13.8 Å². The van der Waals surface area contributed by atoms with Crippen LogP contribution < -0.4 is 4.74 Å². The molecule has 1 amide bonds. The van der Waals surface area contributed by atoms with Gasteiger partial charge in [0, 0.05) is 47.6 Å². The Labute approximate surface area is 163 Å². The molecular formula is C21H23N5O2. The average Bonchev–Trinajstić information content (AvgIpc) is 3.00. The summed E-state index contributed by atoms with van der Waals surface area (Å²) in [5, 5.41) is 7.71. The molecule has 0 fully saturated rings. The lowest BCUT2D eigenvalue weighted by Crippen LogP contribution is -2.34. The highest BCUT2D eigenvalue weighted by Gasteiger charge is 2.26. The summed E-state index contributed by atoms with van der Waals surface area (Å²) in [6.45, 7) is 5.04. The van der Waals surface area contributed by atoms with E-state index in [2.05, 4.69) is 20.2 Å². The number of ether oxygens (including phenoxy) is 1. The molecule has 0 aliphatic carbocycles. The van der Waals surface area contributed by atoms with E-state index in [-0.39, 0.29) is 5.91 Å². The van der Waals surface area contributed by atoms with Crippen LogP contribution in [0.25, 0.3) is 11.3 Å². The molecule has 0 saturated heterocycles. The number of methoxy groups -OCH3 is 1. The number of aromatic nitrogens is 4. The van der Waals surface area contributed by atoms with Crippen molar-refractivity contribution in [2.24, 2.45) is 0 Å². The first-order valence-corrected chi connectivity index (χ1v) is 9.37. The van der Waals surface area contributed by atoms with Gasteiger partial charge in [-0.2, -0.15) is 5.10 Å². The minimum absolute atomic E-state index is 0.0417. The number of fused-ring (bicyclic) bond motifs is 1. The third-order valence-electron chi connectivity index (χ3n) is 5.40. The molecule has 3 heterocycles. The smallest absolute Gasteiger partial charge is 0.272 e. The molecule has 0 bridgehead atoms. The van der Waals surface area contributed by atoms with Gasteiger partial charge in [-0.15, -0.1) is 0 Å². The second-order valence-corrected chi connectivity index (χ2v) is 6.95. The number of benzene rings is 1. The normalized spacial score (nSPS) is 13.8. The quantitative estimate of drug-likeness (QED) is 0.759. The van der Waals surface area contributed by atoms with Gasteiger partial charge in [0.05, 0.1) is 12.8 Å². The molecule has 7 heteroatoms. The first-order valence-electron chi connectivity index (χ1n) is 9.37. The highest BCUT2D eigenvalue weighted by atomic mass is 16.5. The van der Waals surface area contributed by atoms with Crippen molar-refractivity contribution in [1.29, 1.82) is 0 Å². The van der Waals surface area contributed by atoms with Crippen LogP contribution in [0.2, 0.25) is 0 Å². The summed E-state index contributed by atoms with van der Waals surface area (Å²) >= 11 is 0. The van der Waals surface area contributed by atoms with Crippen LogP contribution in [0.1, 0.15) is 33.0 Å². The molecule has 3 aromatic rings. The van der Waals surface area contributed by atoms with E-state index in [0.29, 0.717) is 18.8 Å². The molecule has 0 radical (unpaired) electrons. The van der Waals surface area contributed by atoms with Crippen LogP contribution in [0.15, 0.2) is 30.6 Å². The van der Waals surface area contributed by atoms with Crippen LogP contribution in [-0.4, -0.2) is 51.2 Å². The van der Waals surface area contributed by atoms with Crippen LogP contribution in [0.5, 0.6) is 5.75 Å². The standard InChI is InChI=1S/C21H23N5O2/c1-13-14(2)22-12-23-19(13)21(27)26-10-8-15-17(9-11-26)24-25-20(15)16-6-4-5-7-18(16)28-3/h4-7,12H,8-11H2,1-3H3,(H,24,25). The maximum atomic E-state index is 13.0. The molecule has 1 aromatic carbocycles. The van der Waals surface area contributed by atoms with Gasteiger partial charge in [-0.25, -0.2) is 9.97 Å². The Morgan fingerprint density at radius 1 is 1.14 bits per heavy atom. The van der Waals surface area contributed by atoms with E-state index >= 15 is 0 Å². The highest BCUT2D eigenvalue weighted by Crippen LogP contribution is 2.33. The molecule has 7 nitrogen and oxygen atoms in total. The topological polar surface area (TPSA) is 84.0 Å². The second kappa shape index (κ2) is 7.42. The number of hydrogen-bond donors (Lipinski definition) is 1. The number of H-pyrrole nitrogens is 1. The molecule has 1 aliphatic heterocycles. The van der Waals surface area contributed by atoms with Crippen molar-refractivity contribution in [3.63, 3.8) is 0 Å². The molecule has 0 saturated carbocycles. The average molecular weight is 377 g/mol. The van der Waals surface area contributed by atoms with Crippen LogP contribution in [-0.2, 0) is 12.8 Å². The maximum Gasteiger partial charge on any atom is 0.272 e. The Morgan fingerprint density at radius 2 is 1.93 bits per heavy atom. The van der Waals surface area contributed by atoms with Gasteiger partial charge < -0.3 is 9.64 Å². The van der Waals surface area contributed by atoms with Crippen molar-refractivity contribution >= 4 is 5.91 Å². The van der Waals surface area contributed by atoms with Gasteiger partial charge in [-0.05, 0) is 32.4 Å². The van der Waals surface area contributed by atoms with E-state index in [0.717, 1.165) is 52.4 Å². The van der Waals surface area contributed by atoms with Gasteiger partial charge in [-0.1, -0.05) is 12.1 Å². The first-order chi connectivity index (χ1) is 13.6. The molecule has 0 atom stereocenters. The van der Waals surface area contributed by atoms with E-state index in [1.807, 2.05) is 43.0 Å². The number of nitrogens with zero attached hydrogens (tertiary/aromatic N) is 4. The lowest BCUT2D eigenvalue weighted by Gasteiger charge is -2.21. The minimum Gasteiger partial charge on any atom is -0.496 e. The number of nitrogens with one attached hydrogen (secondary N) is 1. The number of rotatable bonds is 3. The maximum absolute atomic E-state index is 13.0. The SMILES string of the molecule is COc1ccccc1-c1n[nH]c2c1CCN(C(=O)c1ncnc(C)c1C)CC2. The van der Waals surface area contributed by atoms with Gasteiger partial charge in [0.25, 0.3) is 5.91 Å². The number of aromatic amines is 1. The zero-order valence-electron chi connectivity index (χ0n) is 16.3. The highest BCUT2D eigenvalue weighted by molar-refractivity contribution is 5.94. The number of carbonyl (C=O) groups is 1. The molecular weight excluding hydrogens is 354 g/mol. The molecule has 28 heavy (non-hydrogen) atoms. The predicted octanol–water partition coefficient (Wildman–Crippen LogP) is 2.73. The molecule has 1 N–H and O–H groups in total. The van der Waals surface area contributed by atoms with Gasteiger partial charge >= 0.3 is 0 Å². The summed E-state index contributed by atoms with van der Waals surface area (Å²) < 4.78 is 5.50. The Balaban J connectivity index is 1.61. The Kier molecular flexibility index (Phi) is 4.81. The first kappa shape index (κ1) is 18.2. The van der Waals surface area contributed by atoms with Gasteiger partial charge in [-0.3, -0.25) is 9.89 Å². The zero-order chi connectivity index (χ0) is 19.7. The Bertz CT molecular complexity index is 1030. The van der Waals surface area contributed by atoms with Gasteiger partial charge in [0.2, 0.25) is 0 Å². The van der Waals surface area contributed by atoms with Crippen LogP contribution in [0.3, 0.4) is 0 Å². The summed E-state index contributed by atoms with van der Waals surface area (Å²) in [6, 6.07) is 7.87. The monoisotopic (exact) mass is 377 g/mol. The lowest BCUT2D eigenvalue weighted by molar-refractivity contribution is 0.0755. The van der Waals surface area contributed by atoms with Gasteiger partial charge in [0.1, 0.15) is 17.8 Å². The molecule has 2 aromatic heterocycles. The predicted molar refractivity (Wildman–Crippen MR) is 105 cm³/mol. The van der Waals surface area contributed by atoms with E-state index in [1.165, 1.54) is 6.33 Å². The van der Waals surface area contributed by atoms with Crippen LogP contribution >= 0.6 is 0 Å². The fourth-order valence-electron chi connectivity index (χ4n) is 3.65. The lowest BCUT2D eigenvalue weighted by atomic mass is 10.0. The number of carbonyl (C=O) groups excluding carboxylic acids is 1. The molecule has 1 aliphatic rings. The third kappa shape index (κ3) is 3.13. The van der Waals surface area contributed by atoms with E-state index in [4.69, 9.17) is 4.74 Å². The van der Waals surface area contributed by atoms with Crippen molar-refractivity contribution in [3.05, 3.63) is 58.8 Å². The number of hydrogen-bond acceptors (Lipinski definition) is 5. The third-order valence-corrected chi connectivity index (χ3v) is 5.40. The van der Waals surface area contributed by atoms with Crippen molar-refractivity contribution in [3.8, 4) is 17.0 Å². The largest absolute Gasteiger partial charge is 0.496 e. The number of para-hydroxylation sites is 1. The fraction of sp³-hybridized carbons (Fsp3) is 0.333. The number of amides is 1. The Morgan fingerprint density at radius 3 is 2.75 bits per heavy atom. The summed E-state index contributed by atoms with van der Waals surface area (Å²) in [4.78, 5) is 23.3. The van der Waals surface area contributed by atoms with Gasteiger partial charge in [0.15, 0.2) is 0 Å². The van der Waals surface area contributed by atoms with Crippen molar-refractivity contribution in [2.75, 3.05) is 20.2 Å². The molecule has 144 valence electrons. The molecule has 0 unspecified atom stereocenters. The molecule has 0 spiro atoms. The second-order valence-electron chi connectivity index (χ2n) is 6.95.